The van der Waals surface area contributed by atoms with Crippen LogP contribution in [0.15, 0.2) is 53.1 Å². The van der Waals surface area contributed by atoms with Crippen molar-refractivity contribution < 1.29 is 28.2 Å². The molecule has 0 aliphatic carbocycles. The quantitative estimate of drug-likeness (QED) is 0.262. The molecule has 0 unspecified atom stereocenters. The van der Waals surface area contributed by atoms with Crippen molar-refractivity contribution in [2.75, 3.05) is 7.11 Å². The standard InChI is InChI=1S/C25H17FN4O5S2/c1-12-17(28-22(36-12)13-3-5-14(6-4-13)23(31)32)11-34-19-7-15(26)8-20-16(19)9-21(35-20)18-10-27-24-30(18)29-25(33-2)37-24/h3-10H,11H2,1-2H3,(H,31,32). The van der Waals surface area contributed by atoms with E-state index in [0.29, 0.717) is 44.0 Å². The third-order valence-corrected chi connectivity index (χ3v) is 7.64. The normalized spacial score (nSPS) is 11.4. The van der Waals surface area contributed by atoms with Crippen molar-refractivity contribution in [1.29, 1.82) is 0 Å². The van der Waals surface area contributed by atoms with Gasteiger partial charge in [0.2, 0.25) is 4.96 Å². The predicted octanol–water partition coefficient (Wildman–Crippen LogP) is 6.06. The molecular formula is C25H17FN4O5S2. The number of imidazole rings is 1. The number of methoxy groups -OCH3 is 1. The van der Waals surface area contributed by atoms with E-state index in [9.17, 15) is 9.18 Å². The van der Waals surface area contributed by atoms with Crippen LogP contribution in [-0.2, 0) is 6.61 Å². The Kier molecular flexibility index (Phi) is 5.61. The largest absolute Gasteiger partial charge is 0.486 e. The number of halogens is 1. The van der Waals surface area contributed by atoms with Gasteiger partial charge in [-0.2, -0.15) is 4.52 Å². The number of benzene rings is 2. The maximum absolute atomic E-state index is 14.4. The van der Waals surface area contributed by atoms with Crippen molar-refractivity contribution in [3.63, 3.8) is 0 Å². The van der Waals surface area contributed by atoms with E-state index in [1.54, 1.807) is 41.0 Å². The zero-order valence-electron chi connectivity index (χ0n) is 19.4. The fraction of sp³-hybridized carbons (Fsp3) is 0.120. The third-order valence-electron chi connectivity index (χ3n) is 5.69. The van der Waals surface area contributed by atoms with Gasteiger partial charge in [-0.15, -0.1) is 16.4 Å². The molecule has 2 aromatic carbocycles. The van der Waals surface area contributed by atoms with Gasteiger partial charge in [-0.05, 0) is 36.5 Å². The molecule has 9 nitrogen and oxygen atoms in total. The lowest BCUT2D eigenvalue weighted by molar-refractivity contribution is 0.0697. The van der Waals surface area contributed by atoms with Crippen molar-refractivity contribution in [3.8, 4) is 33.0 Å². The molecule has 0 bridgehead atoms. The van der Waals surface area contributed by atoms with E-state index in [-0.39, 0.29) is 12.2 Å². The Bertz CT molecular complexity index is 1780. The molecule has 0 atom stereocenters. The molecule has 6 aromatic rings. The molecule has 0 fully saturated rings. The van der Waals surface area contributed by atoms with E-state index < -0.39 is 11.8 Å². The molecular weight excluding hydrogens is 519 g/mol. The Morgan fingerprint density at radius 1 is 1.19 bits per heavy atom. The highest BCUT2D eigenvalue weighted by Crippen LogP contribution is 2.36. The lowest BCUT2D eigenvalue weighted by atomic mass is 10.1. The average Bonchev–Trinajstić information content (AvgIpc) is 3.65. The molecule has 1 N–H and O–H groups in total. The summed E-state index contributed by atoms with van der Waals surface area (Å²) < 4.78 is 33.2. The first-order valence-electron chi connectivity index (χ1n) is 10.9. The number of aromatic nitrogens is 4. The maximum Gasteiger partial charge on any atom is 0.335 e. The number of fused-ring (bicyclic) bond motifs is 2. The van der Waals surface area contributed by atoms with Gasteiger partial charge in [-0.3, -0.25) is 0 Å². The maximum atomic E-state index is 14.4. The van der Waals surface area contributed by atoms with Crippen molar-refractivity contribution in [1.82, 2.24) is 19.6 Å². The van der Waals surface area contributed by atoms with Crippen LogP contribution in [0.2, 0.25) is 0 Å². The number of ether oxygens (including phenoxy) is 2. The lowest BCUT2D eigenvalue weighted by Crippen LogP contribution is -1.98. The number of rotatable bonds is 7. The second kappa shape index (κ2) is 8.98. The minimum atomic E-state index is -0.983. The number of carboxylic acid groups (broad SMARTS) is 1. The summed E-state index contributed by atoms with van der Waals surface area (Å²) in [5, 5.41) is 15.3. The van der Waals surface area contributed by atoms with Crippen LogP contribution in [0, 0.1) is 12.7 Å². The van der Waals surface area contributed by atoms with Gasteiger partial charge >= 0.3 is 5.97 Å². The molecule has 6 rings (SSSR count). The molecule has 4 aromatic heterocycles. The number of aryl methyl sites for hydroxylation is 1. The van der Waals surface area contributed by atoms with Gasteiger partial charge < -0.3 is 19.0 Å². The highest BCUT2D eigenvalue weighted by atomic mass is 32.1. The van der Waals surface area contributed by atoms with Gasteiger partial charge in [0.15, 0.2) is 5.76 Å². The Labute approximate surface area is 216 Å². The number of aromatic carboxylic acids is 1. The Hall–Kier alpha value is -4.29. The molecule has 0 saturated heterocycles. The number of hydrogen-bond donors (Lipinski definition) is 1. The fourth-order valence-electron chi connectivity index (χ4n) is 3.83. The number of furan rings is 1. The molecule has 0 saturated carbocycles. The SMILES string of the molecule is COc1nn2c(-c3cc4c(OCc5nc(-c6ccc(C(=O)O)cc6)sc5C)cc(F)cc4o3)cnc2s1. The van der Waals surface area contributed by atoms with E-state index in [4.69, 9.17) is 19.0 Å². The van der Waals surface area contributed by atoms with Crippen LogP contribution < -0.4 is 9.47 Å². The van der Waals surface area contributed by atoms with Gasteiger partial charge in [-0.1, -0.05) is 12.1 Å². The van der Waals surface area contributed by atoms with E-state index in [1.165, 1.54) is 41.9 Å². The van der Waals surface area contributed by atoms with Gasteiger partial charge in [0.05, 0.1) is 30.0 Å². The Morgan fingerprint density at radius 2 is 2.00 bits per heavy atom. The summed E-state index contributed by atoms with van der Waals surface area (Å²) in [7, 11) is 1.54. The topological polar surface area (TPSA) is 112 Å². The number of carboxylic acids is 1. The summed E-state index contributed by atoms with van der Waals surface area (Å²) >= 11 is 2.77. The van der Waals surface area contributed by atoms with Gasteiger partial charge in [0, 0.05) is 22.6 Å². The minimum absolute atomic E-state index is 0.120. The van der Waals surface area contributed by atoms with Crippen LogP contribution in [0.4, 0.5) is 4.39 Å². The monoisotopic (exact) mass is 536 g/mol. The first-order chi connectivity index (χ1) is 17.9. The minimum Gasteiger partial charge on any atom is -0.486 e. The molecule has 12 heteroatoms. The zero-order chi connectivity index (χ0) is 25.7. The second-order valence-electron chi connectivity index (χ2n) is 8.03. The van der Waals surface area contributed by atoms with Gasteiger partial charge in [-0.25, -0.2) is 19.2 Å². The molecule has 0 spiro atoms. The van der Waals surface area contributed by atoms with Crippen molar-refractivity contribution >= 4 is 44.6 Å². The third kappa shape index (κ3) is 4.19. The molecule has 0 radical (unpaired) electrons. The fourth-order valence-corrected chi connectivity index (χ4v) is 5.45. The summed E-state index contributed by atoms with van der Waals surface area (Å²) in [6.07, 6.45) is 1.63. The summed E-state index contributed by atoms with van der Waals surface area (Å²) in [5.74, 6) is -0.695. The highest BCUT2D eigenvalue weighted by molar-refractivity contribution is 7.18. The Balaban J connectivity index is 1.29. The summed E-state index contributed by atoms with van der Waals surface area (Å²) in [6, 6.07) is 10.9. The Morgan fingerprint density at radius 3 is 2.76 bits per heavy atom. The second-order valence-corrected chi connectivity index (χ2v) is 10.2. The first-order valence-corrected chi connectivity index (χ1v) is 12.6. The van der Waals surface area contributed by atoms with Crippen LogP contribution >= 0.6 is 22.7 Å². The highest BCUT2D eigenvalue weighted by Gasteiger charge is 2.19. The van der Waals surface area contributed by atoms with E-state index in [2.05, 4.69) is 15.1 Å². The summed E-state index contributed by atoms with van der Waals surface area (Å²) in [6.45, 7) is 2.05. The predicted molar refractivity (Wildman–Crippen MR) is 136 cm³/mol. The molecule has 37 heavy (non-hydrogen) atoms. The van der Waals surface area contributed by atoms with Crippen LogP contribution in [0.1, 0.15) is 20.9 Å². The smallest absolute Gasteiger partial charge is 0.335 e. The molecule has 4 heterocycles. The van der Waals surface area contributed by atoms with Crippen LogP contribution in [0.5, 0.6) is 10.9 Å². The molecule has 186 valence electrons. The van der Waals surface area contributed by atoms with E-state index >= 15 is 0 Å². The number of carbonyl (C=O) groups is 1. The lowest BCUT2D eigenvalue weighted by Gasteiger charge is -2.06. The average molecular weight is 537 g/mol. The molecule has 0 amide bonds. The summed E-state index contributed by atoms with van der Waals surface area (Å²) in [5.41, 5.74) is 2.65. The van der Waals surface area contributed by atoms with Crippen LogP contribution in [0.25, 0.3) is 38.0 Å². The van der Waals surface area contributed by atoms with Gasteiger partial charge in [0.1, 0.15) is 34.5 Å². The van der Waals surface area contributed by atoms with E-state index in [0.717, 1.165) is 15.4 Å². The number of hydrogen-bond acceptors (Lipinski definition) is 9. The summed E-state index contributed by atoms with van der Waals surface area (Å²) in [4.78, 5) is 21.7. The van der Waals surface area contributed by atoms with Crippen LogP contribution in [0.3, 0.4) is 0 Å². The van der Waals surface area contributed by atoms with Gasteiger partial charge in [0.25, 0.3) is 5.19 Å². The zero-order valence-corrected chi connectivity index (χ0v) is 21.0. The van der Waals surface area contributed by atoms with E-state index in [1.807, 2.05) is 6.92 Å². The van der Waals surface area contributed by atoms with Crippen LogP contribution in [-0.4, -0.2) is 37.8 Å². The van der Waals surface area contributed by atoms with Crippen molar-refractivity contribution in [2.24, 2.45) is 0 Å². The van der Waals surface area contributed by atoms with Crippen molar-refractivity contribution in [3.05, 3.63) is 70.6 Å². The number of thiazole rings is 1. The van der Waals surface area contributed by atoms with Crippen molar-refractivity contribution in [2.45, 2.75) is 13.5 Å². The first kappa shape index (κ1) is 23.1. The molecule has 0 aliphatic rings. The molecule has 0 aliphatic heterocycles. The number of nitrogens with zero attached hydrogens (tertiary/aromatic N) is 4.